The Labute approximate surface area is 208 Å². The fourth-order valence-electron chi connectivity index (χ4n) is 4.40. The third-order valence-electron chi connectivity index (χ3n) is 6.13. The molecule has 0 unspecified atom stereocenters. The SMILES string of the molecule is C=CCOc1cc([C@@H]2CC(=O)Nc3c2c(C)nn3-c2nncc(-c3ccc(C)cc3)n2)ccc1OC. The summed E-state index contributed by atoms with van der Waals surface area (Å²) in [5, 5.41) is 16.0. The molecule has 0 saturated heterocycles. The van der Waals surface area contributed by atoms with Crippen LogP contribution >= 0.6 is 0 Å². The van der Waals surface area contributed by atoms with E-state index in [9.17, 15) is 4.79 Å². The first kappa shape index (κ1) is 23.2. The summed E-state index contributed by atoms with van der Waals surface area (Å²) in [6.45, 7) is 7.99. The third-order valence-corrected chi connectivity index (χ3v) is 6.13. The van der Waals surface area contributed by atoms with Gasteiger partial charge in [-0.2, -0.15) is 14.9 Å². The predicted octanol–water partition coefficient (Wildman–Crippen LogP) is 4.39. The maximum atomic E-state index is 12.8. The molecule has 36 heavy (non-hydrogen) atoms. The number of aryl methyl sites for hydroxylation is 2. The van der Waals surface area contributed by atoms with E-state index in [1.807, 2.05) is 56.3 Å². The van der Waals surface area contributed by atoms with Gasteiger partial charge in [-0.1, -0.05) is 48.6 Å². The molecule has 4 aromatic rings. The average Bonchev–Trinajstić information content (AvgIpc) is 3.23. The molecule has 1 aliphatic heterocycles. The highest BCUT2D eigenvalue weighted by atomic mass is 16.5. The lowest BCUT2D eigenvalue weighted by molar-refractivity contribution is -0.116. The Balaban J connectivity index is 1.57. The quantitative estimate of drug-likeness (QED) is 0.390. The second-order valence-electron chi connectivity index (χ2n) is 8.58. The summed E-state index contributed by atoms with van der Waals surface area (Å²) in [5.74, 6) is 1.67. The number of nitrogens with zero attached hydrogens (tertiary/aromatic N) is 5. The van der Waals surface area contributed by atoms with E-state index in [1.54, 1.807) is 24.1 Å². The van der Waals surface area contributed by atoms with Crippen molar-refractivity contribution < 1.29 is 14.3 Å². The minimum Gasteiger partial charge on any atom is -0.493 e. The molecule has 1 amide bonds. The molecule has 2 aromatic heterocycles. The van der Waals surface area contributed by atoms with Gasteiger partial charge in [0.25, 0.3) is 5.95 Å². The molecule has 0 fully saturated rings. The number of ether oxygens (including phenoxy) is 2. The molecule has 182 valence electrons. The standard InChI is InChI=1S/C27H26N6O3/c1-5-12-36-23-13-19(10-11-22(23)35-4)20-14-24(34)30-26-25(20)17(3)32-33(26)27-29-21(15-28-31-27)18-8-6-16(2)7-9-18/h5-11,13,15,20H,1,12,14H2,2-4H3,(H,30,34)/t20-/m0/s1. The normalized spacial score (nSPS) is 14.6. The Morgan fingerprint density at radius 2 is 1.97 bits per heavy atom. The van der Waals surface area contributed by atoms with E-state index in [2.05, 4.69) is 27.1 Å². The van der Waals surface area contributed by atoms with Crippen molar-refractivity contribution in [3.05, 3.63) is 83.7 Å². The minimum absolute atomic E-state index is 0.124. The molecule has 9 nitrogen and oxygen atoms in total. The van der Waals surface area contributed by atoms with Crippen LogP contribution in [-0.4, -0.2) is 44.6 Å². The molecule has 1 aliphatic rings. The number of hydrogen-bond donors (Lipinski definition) is 1. The van der Waals surface area contributed by atoms with Crippen molar-refractivity contribution in [2.45, 2.75) is 26.2 Å². The molecule has 0 radical (unpaired) electrons. The lowest BCUT2D eigenvalue weighted by Crippen LogP contribution is -2.25. The number of anilines is 1. The number of carbonyl (C=O) groups is 1. The molecule has 1 atom stereocenters. The van der Waals surface area contributed by atoms with Gasteiger partial charge in [0.2, 0.25) is 5.91 Å². The predicted molar refractivity (Wildman–Crippen MR) is 136 cm³/mol. The van der Waals surface area contributed by atoms with Crippen LogP contribution in [0.4, 0.5) is 5.82 Å². The van der Waals surface area contributed by atoms with Crippen molar-refractivity contribution in [1.29, 1.82) is 0 Å². The maximum absolute atomic E-state index is 12.8. The molecule has 1 N–H and O–H groups in total. The van der Waals surface area contributed by atoms with Crippen LogP contribution < -0.4 is 14.8 Å². The molecule has 5 rings (SSSR count). The van der Waals surface area contributed by atoms with Crippen LogP contribution in [0.1, 0.15) is 34.7 Å². The zero-order chi connectivity index (χ0) is 25.2. The van der Waals surface area contributed by atoms with Crippen molar-refractivity contribution in [3.63, 3.8) is 0 Å². The molecular formula is C27H26N6O3. The first-order valence-corrected chi connectivity index (χ1v) is 11.6. The van der Waals surface area contributed by atoms with E-state index in [-0.39, 0.29) is 24.2 Å². The molecule has 2 aromatic carbocycles. The van der Waals surface area contributed by atoms with E-state index >= 15 is 0 Å². The van der Waals surface area contributed by atoms with Gasteiger partial charge in [-0.3, -0.25) is 4.79 Å². The van der Waals surface area contributed by atoms with E-state index in [4.69, 9.17) is 14.6 Å². The topological polar surface area (TPSA) is 104 Å². The van der Waals surface area contributed by atoms with Gasteiger partial charge in [-0.15, -0.1) is 5.10 Å². The molecule has 0 bridgehead atoms. The van der Waals surface area contributed by atoms with Gasteiger partial charge in [0.05, 0.1) is 24.7 Å². The summed E-state index contributed by atoms with van der Waals surface area (Å²) < 4.78 is 12.8. The van der Waals surface area contributed by atoms with Crippen molar-refractivity contribution in [2.75, 3.05) is 19.0 Å². The lowest BCUT2D eigenvalue weighted by atomic mass is 9.85. The van der Waals surface area contributed by atoms with Gasteiger partial charge in [0.15, 0.2) is 11.5 Å². The zero-order valence-corrected chi connectivity index (χ0v) is 20.4. The Morgan fingerprint density at radius 1 is 1.17 bits per heavy atom. The minimum atomic E-state index is -0.229. The Hall–Kier alpha value is -4.53. The van der Waals surface area contributed by atoms with Crippen LogP contribution in [0.5, 0.6) is 11.5 Å². The van der Waals surface area contributed by atoms with Crippen LogP contribution in [0, 0.1) is 13.8 Å². The number of amides is 1. The molecule has 3 heterocycles. The van der Waals surface area contributed by atoms with Crippen LogP contribution in [0.25, 0.3) is 17.2 Å². The summed E-state index contributed by atoms with van der Waals surface area (Å²) in [5.41, 5.74) is 5.33. The number of hydrogen-bond acceptors (Lipinski definition) is 7. The molecule has 0 saturated carbocycles. The summed E-state index contributed by atoms with van der Waals surface area (Å²) >= 11 is 0. The number of nitrogens with one attached hydrogen (secondary N) is 1. The van der Waals surface area contributed by atoms with Crippen LogP contribution in [-0.2, 0) is 4.79 Å². The summed E-state index contributed by atoms with van der Waals surface area (Å²) in [6, 6.07) is 13.7. The van der Waals surface area contributed by atoms with Gasteiger partial charge < -0.3 is 14.8 Å². The summed E-state index contributed by atoms with van der Waals surface area (Å²) in [4.78, 5) is 17.5. The van der Waals surface area contributed by atoms with E-state index in [0.717, 1.165) is 27.9 Å². The number of fused-ring (bicyclic) bond motifs is 1. The first-order valence-electron chi connectivity index (χ1n) is 11.6. The first-order chi connectivity index (χ1) is 17.5. The molecule has 0 aliphatic carbocycles. The van der Waals surface area contributed by atoms with Gasteiger partial charge >= 0.3 is 0 Å². The molecular weight excluding hydrogens is 456 g/mol. The van der Waals surface area contributed by atoms with E-state index in [1.165, 1.54) is 0 Å². The van der Waals surface area contributed by atoms with Crippen molar-refractivity contribution >= 4 is 11.7 Å². The van der Waals surface area contributed by atoms with Gasteiger partial charge in [0, 0.05) is 23.5 Å². The zero-order valence-electron chi connectivity index (χ0n) is 20.4. The fourth-order valence-corrected chi connectivity index (χ4v) is 4.40. The monoisotopic (exact) mass is 482 g/mol. The molecule has 9 heteroatoms. The Bertz CT molecular complexity index is 1440. The number of methoxy groups -OCH3 is 1. The van der Waals surface area contributed by atoms with Crippen LogP contribution in [0.3, 0.4) is 0 Å². The second-order valence-corrected chi connectivity index (χ2v) is 8.58. The van der Waals surface area contributed by atoms with Crippen LogP contribution in [0.15, 0.2) is 61.3 Å². The smallest absolute Gasteiger partial charge is 0.272 e. The summed E-state index contributed by atoms with van der Waals surface area (Å²) in [6.07, 6.45) is 3.56. The van der Waals surface area contributed by atoms with Gasteiger partial charge in [-0.05, 0) is 31.5 Å². The second kappa shape index (κ2) is 9.61. The highest BCUT2D eigenvalue weighted by Gasteiger charge is 2.33. The Kier molecular flexibility index (Phi) is 6.20. The van der Waals surface area contributed by atoms with E-state index < -0.39 is 0 Å². The third kappa shape index (κ3) is 4.31. The van der Waals surface area contributed by atoms with Gasteiger partial charge in [-0.25, -0.2) is 4.98 Å². The van der Waals surface area contributed by atoms with Crippen molar-refractivity contribution in [2.24, 2.45) is 0 Å². The maximum Gasteiger partial charge on any atom is 0.272 e. The lowest BCUT2D eigenvalue weighted by Gasteiger charge is -2.25. The van der Waals surface area contributed by atoms with Crippen molar-refractivity contribution in [3.8, 4) is 28.7 Å². The highest BCUT2D eigenvalue weighted by Crippen LogP contribution is 2.42. The fraction of sp³-hybridized carbons (Fsp3) is 0.222. The highest BCUT2D eigenvalue weighted by molar-refractivity contribution is 5.95. The largest absolute Gasteiger partial charge is 0.493 e. The van der Waals surface area contributed by atoms with Gasteiger partial charge in [0.1, 0.15) is 12.4 Å². The molecule has 0 spiro atoms. The van der Waals surface area contributed by atoms with E-state index in [0.29, 0.717) is 29.6 Å². The Morgan fingerprint density at radius 3 is 2.72 bits per heavy atom. The van der Waals surface area contributed by atoms with Crippen LogP contribution in [0.2, 0.25) is 0 Å². The number of benzene rings is 2. The summed E-state index contributed by atoms with van der Waals surface area (Å²) in [7, 11) is 1.59. The average molecular weight is 483 g/mol. The number of carbonyl (C=O) groups excluding carboxylic acids is 1. The number of aromatic nitrogens is 5. The number of rotatable bonds is 7. The van der Waals surface area contributed by atoms with Crippen molar-refractivity contribution in [1.82, 2.24) is 25.0 Å².